The van der Waals surface area contributed by atoms with Crippen LogP contribution in [0.2, 0.25) is 0 Å². The third-order valence-electron chi connectivity index (χ3n) is 5.05. The van der Waals surface area contributed by atoms with Crippen molar-refractivity contribution < 1.29 is 9.53 Å². The summed E-state index contributed by atoms with van der Waals surface area (Å²) in [5, 5.41) is 3.44. The Morgan fingerprint density at radius 3 is 2.71 bits per heavy atom. The number of amides is 1. The summed E-state index contributed by atoms with van der Waals surface area (Å²) in [7, 11) is 0. The van der Waals surface area contributed by atoms with E-state index in [-0.39, 0.29) is 0 Å². The van der Waals surface area contributed by atoms with Crippen LogP contribution >= 0.6 is 0 Å². The molecule has 3 rings (SSSR count). The maximum atomic E-state index is 12.0. The SMILES string of the molecule is C[C@@H]1CNC[C@@H](CN2CCC(N3CCCCC3=O)CC2)O1. The van der Waals surface area contributed by atoms with E-state index in [1.807, 2.05) is 0 Å². The monoisotopic (exact) mass is 295 g/mol. The normalized spacial score (nSPS) is 33.4. The molecule has 5 heteroatoms. The third kappa shape index (κ3) is 3.96. The fraction of sp³-hybridized carbons (Fsp3) is 0.938. The Balaban J connectivity index is 1.43. The largest absolute Gasteiger partial charge is 0.371 e. The molecule has 5 nitrogen and oxygen atoms in total. The summed E-state index contributed by atoms with van der Waals surface area (Å²) in [4.78, 5) is 16.7. The van der Waals surface area contributed by atoms with E-state index < -0.39 is 0 Å². The lowest BCUT2D eigenvalue weighted by Crippen LogP contribution is -2.52. The van der Waals surface area contributed by atoms with Gasteiger partial charge in [-0.3, -0.25) is 4.79 Å². The van der Waals surface area contributed by atoms with Crippen LogP contribution in [0.3, 0.4) is 0 Å². The number of carbonyl (C=O) groups excluding carboxylic acids is 1. The summed E-state index contributed by atoms with van der Waals surface area (Å²) in [5.74, 6) is 0.383. The zero-order valence-electron chi connectivity index (χ0n) is 13.2. The van der Waals surface area contributed by atoms with Gasteiger partial charge in [-0.15, -0.1) is 0 Å². The molecule has 1 amide bonds. The highest BCUT2D eigenvalue weighted by atomic mass is 16.5. The average molecular weight is 295 g/mol. The molecule has 0 radical (unpaired) electrons. The van der Waals surface area contributed by atoms with E-state index in [0.717, 1.165) is 65.0 Å². The number of likely N-dealkylation sites (tertiary alicyclic amines) is 2. The number of hydrogen-bond acceptors (Lipinski definition) is 4. The molecular formula is C16H29N3O2. The van der Waals surface area contributed by atoms with Gasteiger partial charge in [-0.1, -0.05) is 0 Å². The predicted octanol–water partition coefficient (Wildman–Crippen LogP) is 0.840. The number of hydrogen-bond donors (Lipinski definition) is 1. The Bertz CT molecular complexity index is 355. The van der Waals surface area contributed by atoms with Gasteiger partial charge in [0.2, 0.25) is 5.91 Å². The first-order valence-corrected chi connectivity index (χ1v) is 8.60. The molecule has 0 aromatic heterocycles. The van der Waals surface area contributed by atoms with E-state index in [9.17, 15) is 4.79 Å². The van der Waals surface area contributed by atoms with Gasteiger partial charge in [-0.2, -0.15) is 0 Å². The molecule has 3 aliphatic heterocycles. The molecule has 0 aromatic rings. The Morgan fingerprint density at radius 1 is 1.19 bits per heavy atom. The second kappa shape index (κ2) is 7.07. The summed E-state index contributed by atoms with van der Waals surface area (Å²) in [6.45, 7) is 8.28. The van der Waals surface area contributed by atoms with E-state index in [2.05, 4.69) is 22.0 Å². The van der Waals surface area contributed by atoms with Gasteiger partial charge in [-0.05, 0) is 32.6 Å². The van der Waals surface area contributed by atoms with E-state index in [1.165, 1.54) is 6.42 Å². The molecule has 21 heavy (non-hydrogen) atoms. The van der Waals surface area contributed by atoms with Crippen molar-refractivity contribution in [3.63, 3.8) is 0 Å². The number of piperidine rings is 2. The quantitative estimate of drug-likeness (QED) is 0.838. The molecule has 0 aromatic carbocycles. The highest BCUT2D eigenvalue weighted by Gasteiger charge is 2.30. The molecular weight excluding hydrogens is 266 g/mol. The van der Waals surface area contributed by atoms with Crippen molar-refractivity contribution >= 4 is 5.91 Å². The van der Waals surface area contributed by atoms with Crippen LogP contribution in [-0.4, -0.2) is 73.2 Å². The first kappa shape index (κ1) is 15.3. The zero-order valence-corrected chi connectivity index (χ0v) is 13.2. The number of nitrogens with one attached hydrogen (secondary N) is 1. The van der Waals surface area contributed by atoms with Crippen molar-refractivity contribution in [2.24, 2.45) is 0 Å². The third-order valence-corrected chi connectivity index (χ3v) is 5.05. The van der Waals surface area contributed by atoms with Gasteiger partial charge < -0.3 is 19.9 Å². The van der Waals surface area contributed by atoms with Gasteiger partial charge in [0.05, 0.1) is 12.2 Å². The molecule has 120 valence electrons. The number of nitrogens with zero attached hydrogens (tertiary/aromatic N) is 2. The lowest BCUT2D eigenvalue weighted by atomic mass is 9.99. The summed E-state index contributed by atoms with van der Waals surface area (Å²) >= 11 is 0. The van der Waals surface area contributed by atoms with Gasteiger partial charge in [0, 0.05) is 51.7 Å². The summed E-state index contributed by atoms with van der Waals surface area (Å²) in [5.41, 5.74) is 0. The molecule has 3 saturated heterocycles. The fourth-order valence-electron chi connectivity index (χ4n) is 3.89. The van der Waals surface area contributed by atoms with E-state index in [0.29, 0.717) is 24.2 Å². The van der Waals surface area contributed by atoms with Crippen molar-refractivity contribution in [2.75, 3.05) is 39.3 Å². The van der Waals surface area contributed by atoms with Gasteiger partial charge >= 0.3 is 0 Å². The van der Waals surface area contributed by atoms with Crippen LogP contribution in [0.15, 0.2) is 0 Å². The standard InChI is InChI=1S/C16H29N3O2/c1-13-10-17-11-15(21-13)12-18-8-5-14(6-9-18)19-7-3-2-4-16(19)20/h13-15,17H,2-12H2,1H3/t13-,15+/m1/s1. The molecule has 0 spiro atoms. The van der Waals surface area contributed by atoms with Crippen molar-refractivity contribution in [1.82, 2.24) is 15.1 Å². The Hall–Kier alpha value is -0.650. The molecule has 0 aliphatic carbocycles. The second-order valence-corrected chi connectivity index (χ2v) is 6.80. The minimum absolute atomic E-state index is 0.321. The smallest absolute Gasteiger partial charge is 0.222 e. The molecule has 3 aliphatic rings. The second-order valence-electron chi connectivity index (χ2n) is 6.80. The van der Waals surface area contributed by atoms with Gasteiger partial charge in [0.25, 0.3) is 0 Å². The topological polar surface area (TPSA) is 44.8 Å². The van der Waals surface area contributed by atoms with Crippen molar-refractivity contribution in [3.8, 4) is 0 Å². The zero-order chi connectivity index (χ0) is 14.7. The fourth-order valence-corrected chi connectivity index (χ4v) is 3.89. The minimum atomic E-state index is 0.321. The van der Waals surface area contributed by atoms with Gasteiger partial charge in [0.1, 0.15) is 0 Å². The summed E-state index contributed by atoms with van der Waals surface area (Å²) in [6, 6.07) is 0.485. The lowest BCUT2D eigenvalue weighted by molar-refractivity contribution is -0.137. The van der Waals surface area contributed by atoms with Gasteiger partial charge in [0.15, 0.2) is 0 Å². The Kier molecular flexibility index (Phi) is 5.14. The molecule has 3 fully saturated rings. The average Bonchev–Trinajstić information content (AvgIpc) is 2.49. The van der Waals surface area contributed by atoms with Crippen LogP contribution in [0.4, 0.5) is 0 Å². The van der Waals surface area contributed by atoms with Gasteiger partial charge in [-0.25, -0.2) is 0 Å². The van der Waals surface area contributed by atoms with Crippen LogP contribution < -0.4 is 5.32 Å². The Labute approximate surface area is 128 Å². The molecule has 2 atom stereocenters. The summed E-state index contributed by atoms with van der Waals surface area (Å²) < 4.78 is 5.98. The van der Waals surface area contributed by atoms with E-state index in [1.54, 1.807) is 0 Å². The number of carbonyl (C=O) groups is 1. The van der Waals surface area contributed by atoms with E-state index in [4.69, 9.17) is 4.74 Å². The van der Waals surface area contributed by atoms with Crippen molar-refractivity contribution in [1.29, 1.82) is 0 Å². The van der Waals surface area contributed by atoms with Crippen molar-refractivity contribution in [2.45, 2.75) is 57.3 Å². The highest BCUT2D eigenvalue weighted by Crippen LogP contribution is 2.22. The molecule has 0 bridgehead atoms. The first-order valence-electron chi connectivity index (χ1n) is 8.60. The first-order chi connectivity index (χ1) is 10.2. The molecule has 0 saturated carbocycles. The Morgan fingerprint density at radius 2 is 2.00 bits per heavy atom. The highest BCUT2D eigenvalue weighted by molar-refractivity contribution is 5.77. The maximum absolute atomic E-state index is 12.0. The van der Waals surface area contributed by atoms with Crippen LogP contribution in [0.5, 0.6) is 0 Å². The predicted molar refractivity (Wildman–Crippen MR) is 82.2 cm³/mol. The maximum Gasteiger partial charge on any atom is 0.222 e. The van der Waals surface area contributed by atoms with E-state index >= 15 is 0 Å². The number of ether oxygens (including phenoxy) is 1. The number of morpholine rings is 1. The van der Waals surface area contributed by atoms with Crippen LogP contribution in [-0.2, 0) is 9.53 Å². The van der Waals surface area contributed by atoms with Crippen molar-refractivity contribution in [3.05, 3.63) is 0 Å². The van der Waals surface area contributed by atoms with Crippen LogP contribution in [0.1, 0.15) is 39.0 Å². The minimum Gasteiger partial charge on any atom is -0.371 e. The molecule has 3 heterocycles. The lowest BCUT2D eigenvalue weighted by Gasteiger charge is -2.41. The molecule has 0 unspecified atom stereocenters. The number of rotatable bonds is 3. The van der Waals surface area contributed by atoms with Crippen LogP contribution in [0, 0.1) is 0 Å². The summed E-state index contributed by atoms with van der Waals surface area (Å²) in [6.07, 6.45) is 5.93. The van der Waals surface area contributed by atoms with Crippen LogP contribution in [0.25, 0.3) is 0 Å². The molecule has 1 N–H and O–H groups in total.